The SMILES string of the molecule is CCOc1ccc(/C(C)=N\NC(=O)c2ccc(OC)c(OC)c2)cc1OCC. The van der Waals surface area contributed by atoms with Crippen molar-refractivity contribution < 1.29 is 23.7 Å². The lowest BCUT2D eigenvalue weighted by atomic mass is 10.1. The van der Waals surface area contributed by atoms with Crippen molar-refractivity contribution >= 4 is 11.6 Å². The summed E-state index contributed by atoms with van der Waals surface area (Å²) in [6.07, 6.45) is 0. The number of hydrogen-bond acceptors (Lipinski definition) is 6. The van der Waals surface area contributed by atoms with Gasteiger partial charge in [0.25, 0.3) is 5.91 Å². The first-order valence-corrected chi connectivity index (χ1v) is 9.00. The molecule has 0 aromatic heterocycles. The number of nitrogens with zero attached hydrogens (tertiary/aromatic N) is 1. The topological polar surface area (TPSA) is 78.4 Å². The highest BCUT2D eigenvalue weighted by atomic mass is 16.5. The molecule has 0 bridgehead atoms. The number of hydrogen-bond donors (Lipinski definition) is 1. The molecule has 0 atom stereocenters. The van der Waals surface area contributed by atoms with Gasteiger partial charge in [-0.05, 0) is 57.2 Å². The van der Waals surface area contributed by atoms with Crippen LogP contribution >= 0.6 is 0 Å². The van der Waals surface area contributed by atoms with Gasteiger partial charge in [-0.1, -0.05) is 0 Å². The smallest absolute Gasteiger partial charge is 0.271 e. The normalized spacial score (nSPS) is 11.0. The van der Waals surface area contributed by atoms with E-state index in [0.717, 1.165) is 5.56 Å². The molecule has 0 spiro atoms. The van der Waals surface area contributed by atoms with Gasteiger partial charge in [0.2, 0.25) is 0 Å². The summed E-state index contributed by atoms with van der Waals surface area (Å²) in [6, 6.07) is 10.5. The van der Waals surface area contributed by atoms with Crippen LogP contribution in [0.2, 0.25) is 0 Å². The van der Waals surface area contributed by atoms with Crippen molar-refractivity contribution in [3.63, 3.8) is 0 Å². The summed E-state index contributed by atoms with van der Waals surface area (Å²) in [5.74, 6) is 1.99. The summed E-state index contributed by atoms with van der Waals surface area (Å²) in [4.78, 5) is 12.4. The van der Waals surface area contributed by atoms with Gasteiger partial charge < -0.3 is 18.9 Å². The summed E-state index contributed by atoms with van der Waals surface area (Å²) in [5, 5.41) is 4.19. The highest BCUT2D eigenvalue weighted by Gasteiger charge is 2.11. The predicted molar refractivity (Wildman–Crippen MR) is 108 cm³/mol. The Morgan fingerprint density at radius 2 is 1.43 bits per heavy atom. The molecular formula is C21H26N2O5. The maximum Gasteiger partial charge on any atom is 0.271 e. The molecule has 0 radical (unpaired) electrons. The van der Waals surface area contributed by atoms with Gasteiger partial charge in [0.1, 0.15) is 0 Å². The predicted octanol–water partition coefficient (Wildman–Crippen LogP) is 3.66. The maximum absolute atomic E-state index is 12.4. The first-order valence-electron chi connectivity index (χ1n) is 9.00. The van der Waals surface area contributed by atoms with Crippen LogP contribution in [0.4, 0.5) is 0 Å². The van der Waals surface area contributed by atoms with Gasteiger partial charge in [-0.3, -0.25) is 4.79 Å². The van der Waals surface area contributed by atoms with E-state index in [4.69, 9.17) is 18.9 Å². The maximum atomic E-state index is 12.4. The molecule has 2 aromatic rings. The number of carbonyl (C=O) groups excluding carboxylic acids is 1. The minimum Gasteiger partial charge on any atom is -0.493 e. The van der Waals surface area contributed by atoms with Gasteiger partial charge >= 0.3 is 0 Å². The molecule has 7 heteroatoms. The standard InChI is InChI=1S/C21H26N2O5/c1-6-27-18-11-8-15(12-20(18)28-7-2)14(3)22-23-21(24)16-9-10-17(25-4)19(13-16)26-5/h8-13H,6-7H2,1-5H3,(H,23,24)/b22-14-. The van der Waals surface area contributed by atoms with Gasteiger partial charge in [-0.2, -0.15) is 5.10 Å². The van der Waals surface area contributed by atoms with E-state index in [1.807, 2.05) is 32.0 Å². The Balaban J connectivity index is 2.17. The monoisotopic (exact) mass is 386 g/mol. The van der Waals surface area contributed by atoms with Gasteiger partial charge in [-0.15, -0.1) is 0 Å². The first-order chi connectivity index (χ1) is 13.5. The van der Waals surface area contributed by atoms with E-state index < -0.39 is 0 Å². The van der Waals surface area contributed by atoms with Crippen LogP contribution in [0.5, 0.6) is 23.0 Å². The summed E-state index contributed by atoms with van der Waals surface area (Å²) in [6.45, 7) is 6.71. The zero-order valence-electron chi connectivity index (χ0n) is 16.9. The molecule has 1 N–H and O–H groups in total. The number of nitrogens with one attached hydrogen (secondary N) is 1. The minimum atomic E-state index is -0.351. The molecule has 2 rings (SSSR count). The van der Waals surface area contributed by atoms with Crippen molar-refractivity contribution in [3.8, 4) is 23.0 Å². The molecule has 7 nitrogen and oxygen atoms in total. The molecule has 0 heterocycles. The molecule has 28 heavy (non-hydrogen) atoms. The third-order valence-electron chi connectivity index (χ3n) is 3.93. The van der Waals surface area contributed by atoms with Crippen molar-refractivity contribution in [3.05, 3.63) is 47.5 Å². The number of ether oxygens (including phenoxy) is 4. The fraction of sp³-hybridized carbons (Fsp3) is 0.333. The number of rotatable bonds is 9. The molecule has 0 fully saturated rings. The Hall–Kier alpha value is -3.22. The second-order valence-electron chi connectivity index (χ2n) is 5.74. The molecule has 1 amide bonds. The molecule has 0 saturated heterocycles. The van der Waals surface area contributed by atoms with Crippen LogP contribution < -0.4 is 24.4 Å². The fourth-order valence-electron chi connectivity index (χ4n) is 2.52. The van der Waals surface area contributed by atoms with Crippen LogP contribution in [-0.4, -0.2) is 39.1 Å². The Morgan fingerprint density at radius 1 is 0.857 bits per heavy atom. The summed E-state index contributed by atoms with van der Waals surface area (Å²) >= 11 is 0. The Kier molecular flexibility index (Phi) is 7.68. The Morgan fingerprint density at radius 3 is 2.07 bits per heavy atom. The molecule has 0 aliphatic carbocycles. The van der Waals surface area contributed by atoms with E-state index in [9.17, 15) is 4.79 Å². The lowest BCUT2D eigenvalue weighted by molar-refractivity contribution is 0.0954. The molecule has 0 saturated carbocycles. The van der Waals surface area contributed by atoms with Gasteiger partial charge in [0.15, 0.2) is 23.0 Å². The molecular weight excluding hydrogens is 360 g/mol. The molecule has 2 aromatic carbocycles. The lowest BCUT2D eigenvalue weighted by Crippen LogP contribution is -2.19. The Bertz CT molecular complexity index is 849. The average molecular weight is 386 g/mol. The highest BCUT2D eigenvalue weighted by Crippen LogP contribution is 2.29. The molecule has 150 valence electrons. The fourth-order valence-corrected chi connectivity index (χ4v) is 2.52. The highest BCUT2D eigenvalue weighted by molar-refractivity contribution is 6.01. The second-order valence-corrected chi connectivity index (χ2v) is 5.74. The van der Waals surface area contributed by atoms with E-state index in [0.29, 0.717) is 47.5 Å². The van der Waals surface area contributed by atoms with E-state index in [1.54, 1.807) is 32.2 Å². The number of carbonyl (C=O) groups is 1. The van der Waals surface area contributed by atoms with E-state index in [2.05, 4.69) is 10.5 Å². The van der Waals surface area contributed by atoms with Crippen LogP contribution in [0, 0.1) is 0 Å². The third-order valence-corrected chi connectivity index (χ3v) is 3.93. The molecule has 0 aliphatic heterocycles. The number of benzene rings is 2. The van der Waals surface area contributed by atoms with Crippen molar-refractivity contribution in [2.75, 3.05) is 27.4 Å². The van der Waals surface area contributed by atoms with Crippen LogP contribution in [0.1, 0.15) is 36.7 Å². The van der Waals surface area contributed by atoms with Gasteiger partial charge in [-0.25, -0.2) is 5.43 Å². The van der Waals surface area contributed by atoms with Gasteiger partial charge in [0, 0.05) is 11.1 Å². The van der Waals surface area contributed by atoms with E-state index in [1.165, 1.54) is 7.11 Å². The first kappa shape index (κ1) is 21.1. The molecule has 0 unspecified atom stereocenters. The van der Waals surface area contributed by atoms with Crippen molar-refractivity contribution in [2.24, 2.45) is 5.10 Å². The van der Waals surface area contributed by atoms with E-state index in [-0.39, 0.29) is 5.91 Å². The van der Waals surface area contributed by atoms with E-state index >= 15 is 0 Å². The van der Waals surface area contributed by atoms with Crippen LogP contribution in [0.15, 0.2) is 41.5 Å². The number of methoxy groups -OCH3 is 2. The molecule has 0 aliphatic rings. The van der Waals surface area contributed by atoms with Gasteiger partial charge in [0.05, 0.1) is 33.1 Å². The second kappa shape index (κ2) is 10.2. The lowest BCUT2D eigenvalue weighted by Gasteiger charge is -2.12. The van der Waals surface area contributed by atoms with Crippen LogP contribution in [0.3, 0.4) is 0 Å². The summed E-state index contributed by atoms with van der Waals surface area (Å²) in [7, 11) is 3.06. The van der Waals surface area contributed by atoms with Crippen molar-refractivity contribution in [1.29, 1.82) is 0 Å². The Labute approximate surface area is 165 Å². The van der Waals surface area contributed by atoms with Crippen LogP contribution in [-0.2, 0) is 0 Å². The largest absolute Gasteiger partial charge is 0.493 e. The summed E-state index contributed by atoms with van der Waals surface area (Å²) < 4.78 is 21.6. The zero-order chi connectivity index (χ0) is 20.5. The quantitative estimate of drug-likeness (QED) is 0.526. The van der Waals surface area contributed by atoms with Crippen LogP contribution in [0.25, 0.3) is 0 Å². The van der Waals surface area contributed by atoms with Crippen molar-refractivity contribution in [1.82, 2.24) is 5.43 Å². The number of hydrazone groups is 1. The number of amides is 1. The summed E-state index contributed by atoms with van der Waals surface area (Å²) in [5.41, 5.74) is 4.43. The third kappa shape index (κ3) is 5.16. The van der Waals surface area contributed by atoms with Crippen molar-refractivity contribution in [2.45, 2.75) is 20.8 Å². The minimum absolute atomic E-state index is 0.351. The average Bonchev–Trinajstić information content (AvgIpc) is 2.72. The zero-order valence-corrected chi connectivity index (χ0v) is 16.9.